The Kier molecular flexibility index (Phi) is 16.8. The second-order valence-electron chi connectivity index (χ2n) is 7.89. The third kappa shape index (κ3) is 16.7. The molecule has 3 N–H and O–H groups in total. The quantitative estimate of drug-likeness (QED) is 0.280. The molecule has 6 nitrogen and oxygen atoms in total. The van der Waals surface area contributed by atoms with E-state index in [9.17, 15) is 14.4 Å². The molecular formula is C22H42N2O4. The van der Waals surface area contributed by atoms with E-state index in [2.05, 4.69) is 12.2 Å². The van der Waals surface area contributed by atoms with E-state index in [1.54, 1.807) is 13.8 Å². The molecule has 28 heavy (non-hydrogen) atoms. The Hall–Kier alpha value is -1.43. The van der Waals surface area contributed by atoms with Crippen molar-refractivity contribution in [2.75, 3.05) is 0 Å². The number of nitrogens with two attached hydrogens (primary N) is 1. The minimum Gasteiger partial charge on any atom is -0.462 e. The summed E-state index contributed by atoms with van der Waals surface area (Å²) in [7, 11) is 0. The summed E-state index contributed by atoms with van der Waals surface area (Å²) in [5, 5.41) is 2.36. The van der Waals surface area contributed by atoms with Gasteiger partial charge in [0.25, 0.3) is 0 Å². The fourth-order valence-corrected chi connectivity index (χ4v) is 2.95. The first-order valence-electron chi connectivity index (χ1n) is 11.2. The molecule has 0 spiro atoms. The highest BCUT2D eigenvalue weighted by Gasteiger charge is 2.18. The lowest BCUT2D eigenvalue weighted by Crippen LogP contribution is -2.36. The van der Waals surface area contributed by atoms with Crippen LogP contribution in [-0.2, 0) is 19.1 Å². The van der Waals surface area contributed by atoms with Crippen molar-refractivity contribution in [1.82, 2.24) is 5.32 Å². The Morgan fingerprint density at radius 3 is 1.75 bits per heavy atom. The average Bonchev–Trinajstić information content (AvgIpc) is 2.63. The van der Waals surface area contributed by atoms with Crippen molar-refractivity contribution >= 4 is 17.8 Å². The average molecular weight is 399 g/mol. The minimum atomic E-state index is -0.838. The molecule has 0 fully saturated rings. The predicted molar refractivity (Wildman–Crippen MR) is 113 cm³/mol. The van der Waals surface area contributed by atoms with E-state index < -0.39 is 12.0 Å². The maximum Gasteiger partial charge on any atom is 0.323 e. The van der Waals surface area contributed by atoms with Gasteiger partial charge in [0.1, 0.15) is 6.04 Å². The monoisotopic (exact) mass is 398 g/mol. The van der Waals surface area contributed by atoms with Gasteiger partial charge in [0.05, 0.1) is 6.10 Å². The molecule has 2 amide bonds. The number of esters is 1. The number of hydrogen-bond donors (Lipinski definition) is 2. The number of hydrogen-bond acceptors (Lipinski definition) is 5. The van der Waals surface area contributed by atoms with Crippen molar-refractivity contribution in [2.45, 2.75) is 123 Å². The molecule has 1 atom stereocenters. The third-order valence-electron chi connectivity index (χ3n) is 4.62. The number of amides is 2. The Morgan fingerprint density at radius 1 is 0.786 bits per heavy atom. The SMILES string of the molecule is CCCCCCCCCCCCCC(=O)NC(=O)CCC(N)C(=O)OC(C)C. The van der Waals surface area contributed by atoms with Crippen molar-refractivity contribution in [2.24, 2.45) is 5.73 Å². The van der Waals surface area contributed by atoms with Crippen molar-refractivity contribution < 1.29 is 19.1 Å². The molecule has 0 aliphatic rings. The summed E-state index contributed by atoms with van der Waals surface area (Å²) in [6, 6.07) is -0.838. The number of carbonyl (C=O) groups excluding carboxylic acids is 3. The van der Waals surface area contributed by atoms with E-state index in [0.29, 0.717) is 6.42 Å². The van der Waals surface area contributed by atoms with Crippen molar-refractivity contribution in [3.63, 3.8) is 0 Å². The van der Waals surface area contributed by atoms with Crippen LogP contribution in [0.25, 0.3) is 0 Å². The van der Waals surface area contributed by atoms with Crippen LogP contribution in [0.3, 0.4) is 0 Å². The second-order valence-corrected chi connectivity index (χ2v) is 7.89. The molecule has 0 rings (SSSR count). The summed E-state index contributed by atoms with van der Waals surface area (Å²) in [5.74, 6) is -1.16. The van der Waals surface area contributed by atoms with Gasteiger partial charge in [0.2, 0.25) is 11.8 Å². The van der Waals surface area contributed by atoms with Gasteiger partial charge in [-0.2, -0.15) is 0 Å². The van der Waals surface area contributed by atoms with Crippen LogP contribution in [0.5, 0.6) is 0 Å². The van der Waals surface area contributed by atoms with Gasteiger partial charge in [0, 0.05) is 12.8 Å². The van der Waals surface area contributed by atoms with Gasteiger partial charge in [0.15, 0.2) is 0 Å². The number of nitrogens with one attached hydrogen (secondary N) is 1. The van der Waals surface area contributed by atoms with E-state index in [0.717, 1.165) is 19.3 Å². The van der Waals surface area contributed by atoms with Crippen LogP contribution in [0.2, 0.25) is 0 Å². The Bertz CT molecular complexity index is 438. The minimum absolute atomic E-state index is 0.0400. The number of rotatable bonds is 17. The Morgan fingerprint density at radius 2 is 1.25 bits per heavy atom. The highest BCUT2D eigenvalue weighted by atomic mass is 16.5. The van der Waals surface area contributed by atoms with Crippen LogP contribution in [0, 0.1) is 0 Å². The molecule has 0 saturated heterocycles. The fraction of sp³-hybridized carbons (Fsp3) is 0.864. The van der Waals surface area contributed by atoms with Crippen LogP contribution in [0.15, 0.2) is 0 Å². The van der Waals surface area contributed by atoms with E-state index >= 15 is 0 Å². The first-order chi connectivity index (χ1) is 13.4. The third-order valence-corrected chi connectivity index (χ3v) is 4.62. The first-order valence-corrected chi connectivity index (χ1v) is 11.2. The summed E-state index contributed by atoms with van der Waals surface area (Å²) < 4.78 is 4.99. The molecule has 0 saturated carbocycles. The maximum absolute atomic E-state index is 11.8. The van der Waals surface area contributed by atoms with E-state index in [-0.39, 0.29) is 30.8 Å². The molecule has 164 valence electrons. The van der Waals surface area contributed by atoms with Crippen molar-refractivity contribution in [3.05, 3.63) is 0 Å². The Balaban J connectivity index is 3.58. The van der Waals surface area contributed by atoms with E-state index in [1.165, 1.54) is 51.4 Å². The van der Waals surface area contributed by atoms with Crippen molar-refractivity contribution in [1.29, 1.82) is 0 Å². The highest BCUT2D eigenvalue weighted by molar-refractivity contribution is 5.95. The summed E-state index contributed by atoms with van der Waals surface area (Å²) in [5.41, 5.74) is 5.68. The zero-order valence-corrected chi connectivity index (χ0v) is 18.3. The largest absolute Gasteiger partial charge is 0.462 e. The summed E-state index contributed by atoms with van der Waals surface area (Å²) in [6.07, 6.45) is 13.8. The molecule has 0 aromatic rings. The molecule has 0 aromatic heterocycles. The molecular weight excluding hydrogens is 356 g/mol. The summed E-state index contributed by atoms with van der Waals surface area (Å²) >= 11 is 0. The van der Waals surface area contributed by atoms with E-state index in [4.69, 9.17) is 10.5 Å². The molecule has 0 aliphatic carbocycles. The molecule has 1 unspecified atom stereocenters. The standard InChI is InChI=1S/C22H42N2O4/c1-4-5-6-7-8-9-10-11-12-13-14-15-20(25)24-21(26)17-16-19(23)22(27)28-18(2)3/h18-19H,4-17,23H2,1-3H3,(H,24,25,26). The topological polar surface area (TPSA) is 98.5 Å². The van der Waals surface area contributed by atoms with Crippen LogP contribution in [0.4, 0.5) is 0 Å². The summed E-state index contributed by atoms with van der Waals surface area (Å²) in [6.45, 7) is 5.72. The van der Waals surface area contributed by atoms with Crippen LogP contribution in [0.1, 0.15) is 111 Å². The van der Waals surface area contributed by atoms with Crippen LogP contribution in [-0.4, -0.2) is 29.9 Å². The van der Waals surface area contributed by atoms with Crippen LogP contribution < -0.4 is 11.1 Å². The zero-order chi connectivity index (χ0) is 21.2. The lowest BCUT2D eigenvalue weighted by molar-refractivity contribution is -0.149. The van der Waals surface area contributed by atoms with Gasteiger partial charge in [-0.15, -0.1) is 0 Å². The first kappa shape index (κ1) is 26.6. The maximum atomic E-state index is 11.8. The van der Waals surface area contributed by atoms with Gasteiger partial charge in [-0.3, -0.25) is 19.7 Å². The van der Waals surface area contributed by atoms with Gasteiger partial charge in [-0.05, 0) is 26.7 Å². The molecule has 0 heterocycles. The normalized spacial score (nSPS) is 12.0. The zero-order valence-electron chi connectivity index (χ0n) is 18.3. The second kappa shape index (κ2) is 17.7. The molecule has 6 heteroatoms. The van der Waals surface area contributed by atoms with Gasteiger partial charge >= 0.3 is 5.97 Å². The number of carbonyl (C=O) groups is 3. The predicted octanol–water partition coefficient (Wildman–Crippen LogP) is 4.39. The lowest BCUT2D eigenvalue weighted by Gasteiger charge is -2.13. The highest BCUT2D eigenvalue weighted by Crippen LogP contribution is 2.12. The Labute approximate surface area is 171 Å². The molecule has 0 aliphatic heterocycles. The number of unbranched alkanes of at least 4 members (excludes halogenated alkanes) is 10. The van der Waals surface area contributed by atoms with Gasteiger partial charge < -0.3 is 10.5 Å². The molecule has 0 bridgehead atoms. The molecule has 0 radical (unpaired) electrons. The summed E-state index contributed by atoms with van der Waals surface area (Å²) in [4.78, 5) is 35.1. The number of ether oxygens (including phenoxy) is 1. The molecule has 0 aromatic carbocycles. The van der Waals surface area contributed by atoms with E-state index in [1.807, 2.05) is 0 Å². The fourth-order valence-electron chi connectivity index (χ4n) is 2.95. The number of imide groups is 1. The van der Waals surface area contributed by atoms with Crippen molar-refractivity contribution in [3.8, 4) is 0 Å². The van der Waals surface area contributed by atoms with Crippen LogP contribution >= 0.6 is 0 Å². The lowest BCUT2D eigenvalue weighted by atomic mass is 10.1. The van der Waals surface area contributed by atoms with Gasteiger partial charge in [-0.25, -0.2) is 0 Å². The van der Waals surface area contributed by atoms with Gasteiger partial charge in [-0.1, -0.05) is 71.1 Å². The smallest absolute Gasteiger partial charge is 0.323 e.